The van der Waals surface area contributed by atoms with Gasteiger partial charge in [0.05, 0.1) is 16.7 Å². The Labute approximate surface area is 169 Å². The van der Waals surface area contributed by atoms with E-state index in [1.807, 2.05) is 0 Å². The molecule has 2 aliphatic rings. The quantitative estimate of drug-likeness (QED) is 0.392. The second kappa shape index (κ2) is 9.17. The number of benzene rings is 1. The van der Waals surface area contributed by atoms with Gasteiger partial charge in [0, 0.05) is 33.4 Å². The molecule has 2 heterocycles. The van der Waals surface area contributed by atoms with Crippen molar-refractivity contribution in [1.29, 1.82) is 0 Å². The number of piperidine rings is 1. The Bertz CT molecular complexity index is 821. The van der Waals surface area contributed by atoms with Crippen molar-refractivity contribution in [3.8, 4) is 0 Å². The highest BCUT2D eigenvalue weighted by Gasteiger charge is 2.35. The topological polar surface area (TPSA) is 93.2 Å². The number of hydrogen-bond acceptors (Lipinski definition) is 6. The molecular weight excluding hydrogens is 376 g/mol. The molecule has 0 N–H and O–H groups in total. The fraction of sp³-hybridized carbons (Fsp3) is 0.524. The van der Waals surface area contributed by atoms with Crippen LogP contribution in [0.15, 0.2) is 18.2 Å². The van der Waals surface area contributed by atoms with E-state index in [-0.39, 0.29) is 41.7 Å². The van der Waals surface area contributed by atoms with Crippen molar-refractivity contribution in [2.45, 2.75) is 26.2 Å². The molecular formula is C21H26N2O6. The second-order valence-electron chi connectivity index (χ2n) is 7.53. The van der Waals surface area contributed by atoms with Gasteiger partial charge in [0.15, 0.2) is 6.61 Å². The fourth-order valence-corrected chi connectivity index (χ4v) is 3.71. The summed E-state index contributed by atoms with van der Waals surface area (Å²) in [5.41, 5.74) is 0.587. The Hall–Kier alpha value is -2.74. The van der Waals surface area contributed by atoms with Crippen molar-refractivity contribution in [3.63, 3.8) is 0 Å². The monoisotopic (exact) mass is 402 g/mol. The van der Waals surface area contributed by atoms with Crippen LogP contribution in [-0.2, 0) is 14.3 Å². The van der Waals surface area contributed by atoms with Crippen molar-refractivity contribution in [1.82, 2.24) is 9.80 Å². The first-order valence-electron chi connectivity index (χ1n) is 9.86. The Kier molecular flexibility index (Phi) is 6.64. The van der Waals surface area contributed by atoms with E-state index in [1.165, 1.54) is 18.2 Å². The third-order valence-electron chi connectivity index (χ3n) is 5.27. The summed E-state index contributed by atoms with van der Waals surface area (Å²) in [5.74, 6) is -1.29. The van der Waals surface area contributed by atoms with Crippen LogP contribution < -0.4 is 0 Å². The number of carbonyl (C=O) groups is 4. The molecule has 0 unspecified atom stereocenters. The molecule has 0 aliphatic carbocycles. The minimum atomic E-state index is -0.690. The zero-order valence-electron chi connectivity index (χ0n) is 16.8. The van der Waals surface area contributed by atoms with Crippen molar-refractivity contribution < 1.29 is 28.7 Å². The highest BCUT2D eigenvalue weighted by molar-refractivity contribution is 6.21. The largest absolute Gasteiger partial charge is 0.452 e. The smallest absolute Gasteiger partial charge is 0.338 e. The van der Waals surface area contributed by atoms with Crippen molar-refractivity contribution in [2.75, 3.05) is 40.0 Å². The first kappa shape index (κ1) is 21.0. The number of likely N-dealkylation sites (tertiary alicyclic amines) is 1. The van der Waals surface area contributed by atoms with Crippen molar-refractivity contribution in [2.24, 2.45) is 5.92 Å². The van der Waals surface area contributed by atoms with E-state index in [2.05, 4.69) is 6.92 Å². The van der Waals surface area contributed by atoms with Crippen molar-refractivity contribution in [3.05, 3.63) is 34.9 Å². The Morgan fingerprint density at radius 1 is 1.17 bits per heavy atom. The molecule has 29 heavy (non-hydrogen) atoms. The molecule has 8 heteroatoms. The minimum absolute atomic E-state index is 0.142. The van der Waals surface area contributed by atoms with E-state index < -0.39 is 11.9 Å². The highest BCUT2D eigenvalue weighted by Crippen LogP contribution is 2.24. The molecule has 0 radical (unpaired) electrons. The standard InChI is InChI=1S/C21H26N2O6/c1-14-5-3-8-22(12-14)18(24)13-29-21(27)15-6-7-16-17(11-15)20(26)23(19(16)25)9-4-10-28-2/h6-7,11,14H,3-5,8-10,12-13H2,1-2H3/t14-/m0/s1. The minimum Gasteiger partial charge on any atom is -0.452 e. The maximum absolute atomic E-state index is 12.5. The molecule has 3 amide bonds. The molecule has 156 valence electrons. The van der Waals surface area contributed by atoms with E-state index in [1.54, 1.807) is 12.0 Å². The molecule has 1 aromatic rings. The highest BCUT2D eigenvalue weighted by atomic mass is 16.5. The van der Waals surface area contributed by atoms with Crippen LogP contribution in [0.5, 0.6) is 0 Å². The zero-order valence-corrected chi connectivity index (χ0v) is 16.8. The molecule has 1 fully saturated rings. The van der Waals surface area contributed by atoms with Gasteiger partial charge in [-0.2, -0.15) is 0 Å². The molecule has 1 aromatic carbocycles. The van der Waals surface area contributed by atoms with E-state index in [9.17, 15) is 19.2 Å². The van der Waals surface area contributed by atoms with Crippen LogP contribution in [-0.4, -0.2) is 73.4 Å². The van der Waals surface area contributed by atoms with Crippen LogP contribution in [0.25, 0.3) is 0 Å². The molecule has 0 saturated carbocycles. The predicted molar refractivity (Wildman–Crippen MR) is 104 cm³/mol. The summed E-state index contributed by atoms with van der Waals surface area (Å²) >= 11 is 0. The summed E-state index contributed by atoms with van der Waals surface area (Å²) in [6, 6.07) is 4.26. The van der Waals surface area contributed by atoms with E-state index in [0.717, 1.165) is 17.7 Å². The summed E-state index contributed by atoms with van der Waals surface area (Å²) in [6.45, 7) is 3.79. The van der Waals surface area contributed by atoms with Crippen LogP contribution in [0, 0.1) is 5.92 Å². The molecule has 0 spiro atoms. The van der Waals surface area contributed by atoms with Crippen LogP contribution in [0.4, 0.5) is 0 Å². The lowest BCUT2D eigenvalue weighted by Gasteiger charge is -2.30. The van der Waals surface area contributed by atoms with Gasteiger partial charge in [-0.05, 0) is 43.4 Å². The van der Waals surface area contributed by atoms with Gasteiger partial charge in [0.1, 0.15) is 0 Å². The second-order valence-corrected chi connectivity index (χ2v) is 7.53. The van der Waals surface area contributed by atoms with E-state index in [4.69, 9.17) is 9.47 Å². The molecule has 3 rings (SSSR count). The number of esters is 1. The maximum Gasteiger partial charge on any atom is 0.338 e. The molecule has 8 nitrogen and oxygen atoms in total. The van der Waals surface area contributed by atoms with Crippen molar-refractivity contribution >= 4 is 23.7 Å². The van der Waals surface area contributed by atoms with Gasteiger partial charge in [-0.1, -0.05) is 6.92 Å². The average Bonchev–Trinajstić information content (AvgIpc) is 2.96. The van der Waals surface area contributed by atoms with Gasteiger partial charge >= 0.3 is 5.97 Å². The number of hydrogen-bond donors (Lipinski definition) is 0. The number of ether oxygens (including phenoxy) is 2. The van der Waals surface area contributed by atoms with Crippen LogP contribution in [0.1, 0.15) is 57.3 Å². The number of fused-ring (bicyclic) bond motifs is 1. The van der Waals surface area contributed by atoms with E-state index in [0.29, 0.717) is 32.0 Å². The summed E-state index contributed by atoms with van der Waals surface area (Å²) in [5, 5.41) is 0. The lowest BCUT2D eigenvalue weighted by atomic mass is 10.0. The Morgan fingerprint density at radius 2 is 1.93 bits per heavy atom. The third-order valence-corrected chi connectivity index (χ3v) is 5.27. The number of imide groups is 1. The SMILES string of the molecule is COCCCN1C(=O)c2ccc(C(=O)OCC(=O)N3CCC[C@H](C)C3)cc2C1=O. The average molecular weight is 402 g/mol. The molecule has 2 aliphatic heterocycles. The maximum atomic E-state index is 12.5. The number of carbonyl (C=O) groups excluding carboxylic acids is 4. The van der Waals surface area contributed by atoms with Gasteiger partial charge in [-0.3, -0.25) is 19.3 Å². The number of nitrogens with zero attached hydrogens (tertiary/aromatic N) is 2. The molecule has 0 bridgehead atoms. The fourth-order valence-electron chi connectivity index (χ4n) is 3.71. The van der Waals surface area contributed by atoms with Gasteiger partial charge in [-0.25, -0.2) is 4.79 Å². The van der Waals surface area contributed by atoms with Crippen LogP contribution in [0.3, 0.4) is 0 Å². The summed E-state index contributed by atoms with van der Waals surface area (Å²) in [4.78, 5) is 52.4. The summed E-state index contributed by atoms with van der Waals surface area (Å²) in [6.07, 6.45) is 2.57. The lowest BCUT2D eigenvalue weighted by molar-refractivity contribution is -0.136. The lowest BCUT2D eigenvalue weighted by Crippen LogP contribution is -2.41. The van der Waals surface area contributed by atoms with Gasteiger partial charge in [-0.15, -0.1) is 0 Å². The zero-order chi connectivity index (χ0) is 21.0. The number of amides is 3. The Balaban J connectivity index is 1.61. The van der Waals surface area contributed by atoms with Crippen LogP contribution >= 0.6 is 0 Å². The number of rotatable bonds is 7. The van der Waals surface area contributed by atoms with Gasteiger partial charge in [0.2, 0.25) is 0 Å². The van der Waals surface area contributed by atoms with E-state index >= 15 is 0 Å². The molecule has 0 aromatic heterocycles. The number of methoxy groups -OCH3 is 1. The first-order chi connectivity index (χ1) is 13.9. The van der Waals surface area contributed by atoms with Crippen LogP contribution in [0.2, 0.25) is 0 Å². The summed E-state index contributed by atoms with van der Waals surface area (Å²) in [7, 11) is 1.55. The third kappa shape index (κ3) is 4.64. The van der Waals surface area contributed by atoms with Gasteiger partial charge < -0.3 is 14.4 Å². The summed E-state index contributed by atoms with van der Waals surface area (Å²) < 4.78 is 10.1. The molecule has 1 atom stereocenters. The molecule has 1 saturated heterocycles. The first-order valence-corrected chi connectivity index (χ1v) is 9.86. The normalized spacial score (nSPS) is 18.8. The Morgan fingerprint density at radius 3 is 2.66 bits per heavy atom. The van der Waals surface area contributed by atoms with Gasteiger partial charge in [0.25, 0.3) is 17.7 Å². The predicted octanol–water partition coefficient (Wildman–Crippen LogP) is 1.73.